The van der Waals surface area contributed by atoms with Crippen LogP contribution in [0.1, 0.15) is 28.4 Å². The van der Waals surface area contributed by atoms with Gasteiger partial charge in [0.05, 0.1) is 5.56 Å². The van der Waals surface area contributed by atoms with E-state index in [0.717, 1.165) is 18.2 Å². The van der Waals surface area contributed by atoms with E-state index in [1.807, 2.05) is 0 Å². The molecule has 21 heavy (non-hydrogen) atoms. The lowest BCUT2D eigenvalue weighted by molar-refractivity contribution is -0.137. The summed E-state index contributed by atoms with van der Waals surface area (Å²) < 4.78 is 65.1. The summed E-state index contributed by atoms with van der Waals surface area (Å²) in [7, 11) is 0. The Balaban J connectivity index is 2.46. The highest BCUT2D eigenvalue weighted by Crippen LogP contribution is 2.33. The second-order valence-electron chi connectivity index (χ2n) is 4.63. The van der Waals surface area contributed by atoms with Crippen LogP contribution < -0.4 is 0 Å². The molecule has 0 heterocycles. The van der Waals surface area contributed by atoms with Gasteiger partial charge in [0.25, 0.3) is 0 Å². The molecule has 0 amide bonds. The molecule has 0 aliphatic carbocycles. The summed E-state index contributed by atoms with van der Waals surface area (Å²) in [6, 6.07) is 6.27. The zero-order chi connectivity index (χ0) is 15.8. The van der Waals surface area contributed by atoms with Crippen LogP contribution in [0.2, 0.25) is 0 Å². The molecule has 6 heteroatoms. The molecular formula is C15H11F5O. The summed E-state index contributed by atoms with van der Waals surface area (Å²) in [5.74, 6) is -2.39. The van der Waals surface area contributed by atoms with Gasteiger partial charge in [0.15, 0.2) is 11.6 Å². The van der Waals surface area contributed by atoms with E-state index in [1.165, 1.54) is 19.1 Å². The first kappa shape index (κ1) is 15.4. The second-order valence-corrected chi connectivity index (χ2v) is 4.63. The highest BCUT2D eigenvalue weighted by molar-refractivity contribution is 5.36. The Morgan fingerprint density at radius 2 is 1.67 bits per heavy atom. The van der Waals surface area contributed by atoms with Crippen LogP contribution in [0.5, 0.6) is 0 Å². The van der Waals surface area contributed by atoms with E-state index in [9.17, 15) is 27.1 Å². The molecule has 0 bridgehead atoms. The molecule has 0 aliphatic rings. The van der Waals surface area contributed by atoms with Gasteiger partial charge in [-0.15, -0.1) is 0 Å². The van der Waals surface area contributed by atoms with Crippen molar-refractivity contribution in [3.05, 3.63) is 70.3 Å². The molecule has 1 nitrogen and oxygen atoms in total. The molecule has 2 aromatic rings. The van der Waals surface area contributed by atoms with E-state index in [1.54, 1.807) is 0 Å². The molecular weight excluding hydrogens is 291 g/mol. The summed E-state index contributed by atoms with van der Waals surface area (Å²) in [5, 5.41) is 10.0. The number of hydrogen-bond donors (Lipinski definition) is 1. The molecule has 1 unspecified atom stereocenters. The van der Waals surface area contributed by atoms with Crippen molar-refractivity contribution in [3.63, 3.8) is 0 Å². The van der Waals surface area contributed by atoms with Gasteiger partial charge in [-0.2, -0.15) is 13.2 Å². The van der Waals surface area contributed by atoms with Gasteiger partial charge in [-0.05, 0) is 30.2 Å². The summed E-state index contributed by atoms with van der Waals surface area (Å²) in [5.41, 5.74) is -1.48. The van der Waals surface area contributed by atoms with Crippen LogP contribution in [-0.2, 0) is 6.18 Å². The van der Waals surface area contributed by atoms with E-state index >= 15 is 0 Å². The summed E-state index contributed by atoms with van der Waals surface area (Å²) in [6.45, 7) is 1.35. The van der Waals surface area contributed by atoms with Crippen LogP contribution in [0.15, 0.2) is 36.4 Å². The number of rotatable bonds is 2. The SMILES string of the molecule is Cc1ccc(C(O)c2cccc(C(F)(F)F)c2)c(F)c1F. The van der Waals surface area contributed by atoms with Crippen molar-refractivity contribution in [1.82, 2.24) is 0 Å². The maximum atomic E-state index is 13.8. The van der Waals surface area contributed by atoms with Crippen molar-refractivity contribution in [2.24, 2.45) is 0 Å². The molecule has 1 atom stereocenters. The molecule has 0 aliphatic heterocycles. The lowest BCUT2D eigenvalue weighted by atomic mass is 9.98. The van der Waals surface area contributed by atoms with Gasteiger partial charge in [0.2, 0.25) is 0 Å². The standard InChI is InChI=1S/C15H11F5O/c1-8-5-6-11(13(17)12(8)16)14(21)9-3-2-4-10(7-9)15(18,19)20/h2-7,14,21H,1H3. The highest BCUT2D eigenvalue weighted by Gasteiger charge is 2.31. The van der Waals surface area contributed by atoms with E-state index < -0.39 is 35.0 Å². The number of hydrogen-bond acceptors (Lipinski definition) is 1. The van der Waals surface area contributed by atoms with Gasteiger partial charge in [0.1, 0.15) is 6.10 Å². The first-order valence-corrected chi connectivity index (χ1v) is 6.01. The van der Waals surface area contributed by atoms with Crippen molar-refractivity contribution >= 4 is 0 Å². The third kappa shape index (κ3) is 3.05. The van der Waals surface area contributed by atoms with Crippen LogP contribution in [0, 0.1) is 18.6 Å². The average Bonchev–Trinajstić information content (AvgIpc) is 2.43. The Morgan fingerprint density at radius 3 is 2.29 bits per heavy atom. The normalized spacial score (nSPS) is 13.3. The molecule has 0 aromatic heterocycles. The summed E-state index contributed by atoms with van der Waals surface area (Å²) in [4.78, 5) is 0. The first-order valence-electron chi connectivity index (χ1n) is 6.01. The quantitative estimate of drug-likeness (QED) is 0.817. The maximum Gasteiger partial charge on any atom is 0.416 e. The maximum absolute atomic E-state index is 13.8. The van der Waals surface area contributed by atoms with E-state index in [2.05, 4.69) is 0 Å². The van der Waals surface area contributed by atoms with Crippen LogP contribution in [0.3, 0.4) is 0 Å². The van der Waals surface area contributed by atoms with E-state index in [-0.39, 0.29) is 11.1 Å². The number of aryl methyl sites for hydroxylation is 1. The largest absolute Gasteiger partial charge is 0.416 e. The minimum atomic E-state index is -4.58. The Bertz CT molecular complexity index is 664. The zero-order valence-electron chi connectivity index (χ0n) is 10.9. The monoisotopic (exact) mass is 302 g/mol. The molecule has 0 saturated heterocycles. The molecule has 2 aromatic carbocycles. The number of benzene rings is 2. The minimum absolute atomic E-state index is 0.0486. The third-order valence-electron chi connectivity index (χ3n) is 3.13. The van der Waals surface area contributed by atoms with Gasteiger partial charge in [-0.1, -0.05) is 24.3 Å². The fourth-order valence-electron chi connectivity index (χ4n) is 1.94. The van der Waals surface area contributed by atoms with Crippen molar-refractivity contribution in [2.45, 2.75) is 19.2 Å². The molecule has 0 fully saturated rings. The van der Waals surface area contributed by atoms with Gasteiger partial charge < -0.3 is 5.11 Å². The van der Waals surface area contributed by atoms with Gasteiger partial charge in [-0.3, -0.25) is 0 Å². The number of halogens is 5. The Hall–Kier alpha value is -1.95. The molecule has 0 spiro atoms. The fourth-order valence-corrected chi connectivity index (χ4v) is 1.94. The van der Waals surface area contributed by atoms with E-state index in [4.69, 9.17) is 0 Å². The predicted octanol–water partition coefficient (Wildman–Crippen LogP) is 4.37. The first-order chi connectivity index (χ1) is 9.71. The third-order valence-corrected chi connectivity index (χ3v) is 3.13. The summed E-state index contributed by atoms with van der Waals surface area (Å²) in [6.07, 6.45) is -6.25. The Kier molecular flexibility index (Phi) is 4.00. The molecule has 112 valence electrons. The molecule has 0 saturated carbocycles. The second kappa shape index (κ2) is 5.44. The minimum Gasteiger partial charge on any atom is -0.384 e. The highest BCUT2D eigenvalue weighted by atomic mass is 19.4. The van der Waals surface area contributed by atoms with Gasteiger partial charge in [-0.25, -0.2) is 8.78 Å². The van der Waals surface area contributed by atoms with Crippen molar-refractivity contribution in [1.29, 1.82) is 0 Å². The smallest absolute Gasteiger partial charge is 0.384 e. The Morgan fingerprint density at radius 1 is 1.00 bits per heavy atom. The van der Waals surface area contributed by atoms with Crippen LogP contribution >= 0.6 is 0 Å². The Labute approximate surface area is 117 Å². The average molecular weight is 302 g/mol. The zero-order valence-corrected chi connectivity index (χ0v) is 10.9. The molecule has 1 N–H and O–H groups in total. The summed E-state index contributed by atoms with van der Waals surface area (Å²) >= 11 is 0. The lowest BCUT2D eigenvalue weighted by Crippen LogP contribution is -2.09. The van der Waals surface area contributed by atoms with Gasteiger partial charge >= 0.3 is 6.18 Å². The molecule has 2 rings (SSSR count). The number of alkyl halides is 3. The molecule has 0 radical (unpaired) electrons. The van der Waals surface area contributed by atoms with Gasteiger partial charge in [0, 0.05) is 5.56 Å². The van der Waals surface area contributed by atoms with E-state index in [0.29, 0.717) is 6.07 Å². The van der Waals surface area contributed by atoms with Crippen LogP contribution in [0.25, 0.3) is 0 Å². The lowest BCUT2D eigenvalue weighted by Gasteiger charge is -2.15. The topological polar surface area (TPSA) is 20.2 Å². The number of aliphatic hydroxyl groups excluding tert-OH is 1. The van der Waals surface area contributed by atoms with Crippen molar-refractivity contribution in [3.8, 4) is 0 Å². The van der Waals surface area contributed by atoms with Crippen LogP contribution in [0.4, 0.5) is 22.0 Å². The fraction of sp³-hybridized carbons (Fsp3) is 0.200. The predicted molar refractivity (Wildman–Crippen MR) is 66.6 cm³/mol. The van der Waals surface area contributed by atoms with Crippen molar-refractivity contribution in [2.75, 3.05) is 0 Å². The number of aliphatic hydroxyl groups is 1. The van der Waals surface area contributed by atoms with Crippen LogP contribution in [-0.4, -0.2) is 5.11 Å². The van der Waals surface area contributed by atoms with Crippen molar-refractivity contribution < 1.29 is 27.1 Å².